The predicted molar refractivity (Wildman–Crippen MR) is 66.1 cm³/mol. The summed E-state index contributed by atoms with van der Waals surface area (Å²) in [5, 5.41) is 0. The molecule has 1 aliphatic rings. The Hall–Kier alpha value is -1.28. The number of ether oxygens (including phenoxy) is 1. The lowest BCUT2D eigenvalue weighted by atomic mass is 10.0. The quantitative estimate of drug-likeness (QED) is 0.841. The van der Waals surface area contributed by atoms with Gasteiger partial charge in [0.25, 0.3) is 0 Å². The van der Waals surface area contributed by atoms with Crippen LogP contribution in [0.1, 0.15) is 24.0 Å². The molecule has 2 N–H and O–H groups in total. The summed E-state index contributed by atoms with van der Waals surface area (Å²) in [5.74, 6) is 0.980. The Morgan fingerprint density at radius 3 is 2.88 bits per heavy atom. The topological polar surface area (TPSA) is 35.2 Å². The molecule has 0 bridgehead atoms. The Kier molecular flexibility index (Phi) is 3.62. The second-order valence-electron chi connectivity index (χ2n) is 4.32. The first-order chi connectivity index (χ1) is 7.77. The minimum atomic E-state index is 0.0575. The largest absolute Gasteiger partial charge is 0.496 e. The molecule has 0 saturated carbocycles. The molecule has 2 nitrogen and oxygen atoms in total. The molecular weight excluding hydrogens is 198 g/mol. The van der Waals surface area contributed by atoms with Gasteiger partial charge in [-0.3, -0.25) is 0 Å². The molecule has 1 aromatic carbocycles. The SMILES string of the molecule is Cc1ccccc1CCC(N)C1=CCCO1. The molecule has 0 amide bonds. The fourth-order valence-electron chi connectivity index (χ4n) is 2.04. The molecule has 0 aliphatic carbocycles. The van der Waals surface area contributed by atoms with E-state index in [-0.39, 0.29) is 6.04 Å². The van der Waals surface area contributed by atoms with Crippen molar-refractivity contribution in [2.75, 3.05) is 6.61 Å². The van der Waals surface area contributed by atoms with Gasteiger partial charge >= 0.3 is 0 Å². The highest BCUT2D eigenvalue weighted by Crippen LogP contribution is 2.17. The highest BCUT2D eigenvalue weighted by Gasteiger charge is 2.14. The van der Waals surface area contributed by atoms with Crippen molar-refractivity contribution in [1.82, 2.24) is 0 Å². The highest BCUT2D eigenvalue weighted by molar-refractivity contribution is 5.26. The minimum Gasteiger partial charge on any atom is -0.496 e. The van der Waals surface area contributed by atoms with Gasteiger partial charge in [0, 0.05) is 6.42 Å². The van der Waals surface area contributed by atoms with Crippen molar-refractivity contribution in [3.63, 3.8) is 0 Å². The molecule has 0 saturated heterocycles. The normalized spacial score (nSPS) is 16.8. The molecule has 0 fully saturated rings. The maximum Gasteiger partial charge on any atom is 0.109 e. The molecule has 0 radical (unpaired) electrons. The van der Waals surface area contributed by atoms with Gasteiger partial charge in [0.1, 0.15) is 5.76 Å². The second-order valence-corrected chi connectivity index (χ2v) is 4.32. The van der Waals surface area contributed by atoms with Crippen molar-refractivity contribution < 1.29 is 4.74 Å². The summed E-state index contributed by atoms with van der Waals surface area (Å²) >= 11 is 0. The van der Waals surface area contributed by atoms with Crippen molar-refractivity contribution in [3.8, 4) is 0 Å². The molecule has 2 heteroatoms. The van der Waals surface area contributed by atoms with Crippen molar-refractivity contribution in [1.29, 1.82) is 0 Å². The van der Waals surface area contributed by atoms with Crippen LogP contribution in [-0.4, -0.2) is 12.6 Å². The second kappa shape index (κ2) is 5.17. The summed E-state index contributed by atoms with van der Waals surface area (Å²) in [6.45, 7) is 2.94. The van der Waals surface area contributed by atoms with Crippen LogP contribution in [-0.2, 0) is 11.2 Å². The van der Waals surface area contributed by atoms with Crippen molar-refractivity contribution >= 4 is 0 Å². The summed E-state index contributed by atoms with van der Waals surface area (Å²) in [7, 11) is 0. The van der Waals surface area contributed by atoms with Gasteiger partial charge < -0.3 is 10.5 Å². The molecule has 86 valence electrons. The molecule has 16 heavy (non-hydrogen) atoms. The number of rotatable bonds is 4. The third-order valence-corrected chi connectivity index (χ3v) is 3.08. The monoisotopic (exact) mass is 217 g/mol. The van der Waals surface area contributed by atoms with Crippen LogP contribution < -0.4 is 5.73 Å². The van der Waals surface area contributed by atoms with E-state index in [4.69, 9.17) is 10.5 Å². The summed E-state index contributed by atoms with van der Waals surface area (Å²) in [6, 6.07) is 8.53. The van der Waals surface area contributed by atoms with E-state index >= 15 is 0 Å². The number of aryl methyl sites for hydroxylation is 2. The molecule has 1 heterocycles. The first kappa shape index (κ1) is 11.2. The average molecular weight is 217 g/mol. The lowest BCUT2D eigenvalue weighted by Gasteiger charge is -2.13. The van der Waals surface area contributed by atoms with Gasteiger partial charge in [0.05, 0.1) is 12.6 Å². The molecule has 1 atom stereocenters. The Morgan fingerprint density at radius 2 is 2.19 bits per heavy atom. The lowest BCUT2D eigenvalue weighted by Crippen LogP contribution is -2.23. The highest BCUT2D eigenvalue weighted by atomic mass is 16.5. The average Bonchev–Trinajstić information content (AvgIpc) is 2.81. The third kappa shape index (κ3) is 2.64. The van der Waals surface area contributed by atoms with Gasteiger partial charge in [-0.25, -0.2) is 0 Å². The van der Waals surface area contributed by atoms with E-state index in [1.807, 2.05) is 0 Å². The van der Waals surface area contributed by atoms with Crippen LogP contribution in [0.3, 0.4) is 0 Å². The predicted octanol–water partition coefficient (Wildman–Crippen LogP) is 2.56. The minimum absolute atomic E-state index is 0.0575. The fourth-order valence-corrected chi connectivity index (χ4v) is 2.04. The van der Waals surface area contributed by atoms with Crippen LogP contribution in [0, 0.1) is 6.92 Å². The standard InChI is InChI=1S/C14H19NO/c1-11-5-2-3-6-12(11)8-9-13(15)14-7-4-10-16-14/h2-3,5-7,13H,4,8-10,15H2,1H3. The summed E-state index contributed by atoms with van der Waals surface area (Å²) < 4.78 is 5.47. The smallest absolute Gasteiger partial charge is 0.109 e. The van der Waals surface area contributed by atoms with Crippen LogP contribution >= 0.6 is 0 Å². The Bertz CT molecular complexity index is 384. The Labute approximate surface area is 97.1 Å². The Morgan fingerprint density at radius 1 is 1.38 bits per heavy atom. The fraction of sp³-hybridized carbons (Fsp3) is 0.429. The maximum atomic E-state index is 6.08. The van der Waals surface area contributed by atoms with Crippen LogP contribution in [0.25, 0.3) is 0 Å². The zero-order valence-corrected chi connectivity index (χ0v) is 9.78. The van der Waals surface area contributed by atoms with Crippen molar-refractivity contribution in [2.45, 2.75) is 32.2 Å². The number of nitrogens with two attached hydrogens (primary N) is 1. The number of hydrogen-bond donors (Lipinski definition) is 1. The summed E-state index contributed by atoms with van der Waals surface area (Å²) in [5.41, 5.74) is 8.81. The van der Waals surface area contributed by atoms with Gasteiger partial charge in [0.15, 0.2) is 0 Å². The molecule has 1 aliphatic heterocycles. The van der Waals surface area contributed by atoms with Crippen LogP contribution in [0.2, 0.25) is 0 Å². The molecule has 0 aromatic heterocycles. The molecular formula is C14H19NO. The van der Waals surface area contributed by atoms with E-state index in [1.54, 1.807) is 0 Å². The van der Waals surface area contributed by atoms with Gasteiger partial charge in [-0.2, -0.15) is 0 Å². The van der Waals surface area contributed by atoms with E-state index in [9.17, 15) is 0 Å². The molecule has 0 spiro atoms. The van der Waals surface area contributed by atoms with Crippen LogP contribution in [0.4, 0.5) is 0 Å². The Balaban J connectivity index is 1.90. The maximum absolute atomic E-state index is 6.08. The summed E-state index contributed by atoms with van der Waals surface area (Å²) in [4.78, 5) is 0. The van der Waals surface area contributed by atoms with Crippen LogP contribution in [0.15, 0.2) is 36.1 Å². The summed E-state index contributed by atoms with van der Waals surface area (Å²) in [6.07, 6.45) is 5.10. The zero-order valence-electron chi connectivity index (χ0n) is 9.78. The molecule has 1 aromatic rings. The number of benzene rings is 1. The third-order valence-electron chi connectivity index (χ3n) is 3.08. The zero-order chi connectivity index (χ0) is 11.4. The first-order valence-corrected chi connectivity index (χ1v) is 5.90. The van der Waals surface area contributed by atoms with Crippen molar-refractivity contribution in [3.05, 3.63) is 47.2 Å². The number of hydrogen-bond acceptors (Lipinski definition) is 2. The van der Waals surface area contributed by atoms with E-state index < -0.39 is 0 Å². The van der Waals surface area contributed by atoms with Crippen LogP contribution in [0.5, 0.6) is 0 Å². The van der Waals surface area contributed by atoms with Crippen molar-refractivity contribution in [2.24, 2.45) is 5.73 Å². The first-order valence-electron chi connectivity index (χ1n) is 5.90. The molecule has 1 unspecified atom stereocenters. The van der Waals surface area contributed by atoms with Gasteiger partial charge in [0.2, 0.25) is 0 Å². The van der Waals surface area contributed by atoms with E-state index in [1.165, 1.54) is 11.1 Å². The van der Waals surface area contributed by atoms with Gasteiger partial charge in [-0.15, -0.1) is 0 Å². The van der Waals surface area contributed by atoms with Gasteiger partial charge in [-0.1, -0.05) is 24.3 Å². The van der Waals surface area contributed by atoms with Gasteiger partial charge in [-0.05, 0) is 37.0 Å². The molecule has 2 rings (SSSR count). The van der Waals surface area contributed by atoms with E-state index in [0.717, 1.165) is 31.6 Å². The van der Waals surface area contributed by atoms with E-state index in [2.05, 4.69) is 37.3 Å². The lowest BCUT2D eigenvalue weighted by molar-refractivity contribution is 0.222. The van der Waals surface area contributed by atoms with E-state index in [0.29, 0.717) is 0 Å².